The van der Waals surface area contributed by atoms with Crippen molar-refractivity contribution in [2.75, 3.05) is 14.2 Å². The Labute approximate surface area is 177 Å². The molecule has 1 heterocycles. The summed E-state index contributed by atoms with van der Waals surface area (Å²) < 4.78 is 10.9. The summed E-state index contributed by atoms with van der Waals surface area (Å²) in [5.41, 5.74) is 3.09. The molecule has 156 valence electrons. The molecule has 0 bridgehead atoms. The van der Waals surface area contributed by atoms with Crippen molar-refractivity contribution in [2.24, 2.45) is 0 Å². The highest BCUT2D eigenvalue weighted by molar-refractivity contribution is 5.91. The first-order chi connectivity index (χ1) is 14.3. The molecule has 0 aliphatic carbocycles. The molecule has 1 amide bonds. The monoisotopic (exact) mass is 405 g/mol. The van der Waals surface area contributed by atoms with E-state index < -0.39 is 0 Å². The number of benzene rings is 2. The molecule has 1 aromatic heterocycles. The van der Waals surface area contributed by atoms with E-state index in [9.17, 15) is 4.79 Å². The Morgan fingerprint density at radius 1 is 1.07 bits per heavy atom. The van der Waals surface area contributed by atoms with Gasteiger partial charge in [-0.05, 0) is 46.9 Å². The third-order valence-electron chi connectivity index (χ3n) is 4.75. The lowest BCUT2D eigenvalue weighted by molar-refractivity contribution is -0.125. The molecule has 0 fully saturated rings. The molecule has 0 atom stereocenters. The zero-order valence-corrected chi connectivity index (χ0v) is 18.0. The van der Waals surface area contributed by atoms with Crippen LogP contribution in [-0.4, -0.2) is 35.2 Å². The van der Waals surface area contributed by atoms with E-state index in [1.54, 1.807) is 20.2 Å². The summed E-state index contributed by atoms with van der Waals surface area (Å²) in [6.07, 6.45) is 3.28. The quantitative estimate of drug-likeness (QED) is 0.555. The molecular weight excluding hydrogens is 378 g/mol. The zero-order valence-electron chi connectivity index (χ0n) is 18.0. The molecule has 0 N–H and O–H groups in total. The third kappa shape index (κ3) is 5.35. The lowest BCUT2D eigenvalue weighted by atomic mass is 9.87. The number of nitrogens with zero attached hydrogens (tertiary/aromatic N) is 3. The van der Waals surface area contributed by atoms with Crippen LogP contribution in [0.1, 0.15) is 37.8 Å². The second-order valence-corrected chi connectivity index (χ2v) is 8.13. The topological polar surface area (TPSA) is 68.5 Å². The van der Waals surface area contributed by atoms with Crippen molar-refractivity contribution < 1.29 is 13.9 Å². The number of aromatic nitrogens is 2. The minimum Gasteiger partial charge on any atom is -0.497 e. The summed E-state index contributed by atoms with van der Waals surface area (Å²) in [5.74, 6) is 1.45. The smallest absolute Gasteiger partial charge is 0.247 e. The molecule has 0 unspecified atom stereocenters. The number of ether oxygens (including phenoxy) is 1. The molecule has 0 spiro atoms. The highest BCUT2D eigenvalue weighted by Gasteiger charge is 2.16. The second-order valence-electron chi connectivity index (χ2n) is 8.13. The summed E-state index contributed by atoms with van der Waals surface area (Å²) >= 11 is 0. The van der Waals surface area contributed by atoms with Crippen molar-refractivity contribution >= 4 is 12.0 Å². The molecule has 3 aromatic rings. The summed E-state index contributed by atoms with van der Waals surface area (Å²) in [4.78, 5) is 13.9. The van der Waals surface area contributed by atoms with Crippen LogP contribution in [0.3, 0.4) is 0 Å². The van der Waals surface area contributed by atoms with E-state index in [1.165, 1.54) is 16.5 Å². The van der Waals surface area contributed by atoms with E-state index >= 15 is 0 Å². The second kappa shape index (κ2) is 8.95. The van der Waals surface area contributed by atoms with Crippen LogP contribution in [0.25, 0.3) is 17.5 Å². The van der Waals surface area contributed by atoms with Crippen LogP contribution in [0.4, 0.5) is 0 Å². The Morgan fingerprint density at radius 2 is 1.73 bits per heavy atom. The molecule has 0 radical (unpaired) electrons. The van der Waals surface area contributed by atoms with Crippen LogP contribution in [0.2, 0.25) is 0 Å². The van der Waals surface area contributed by atoms with Crippen molar-refractivity contribution in [2.45, 2.75) is 32.7 Å². The number of likely N-dealkylation sites (N-methyl/N-ethyl adjacent to an activating group) is 1. The lowest BCUT2D eigenvalue weighted by Gasteiger charge is -2.18. The summed E-state index contributed by atoms with van der Waals surface area (Å²) in [5, 5.41) is 8.19. The van der Waals surface area contributed by atoms with Gasteiger partial charge in [-0.1, -0.05) is 45.0 Å². The SMILES string of the molecule is COc1ccc(/C=C/C(=O)N(C)Cc2nnc(-c3ccc(C(C)(C)C)cc3)o2)cc1. The Morgan fingerprint density at radius 3 is 2.33 bits per heavy atom. The highest BCUT2D eigenvalue weighted by Crippen LogP contribution is 2.25. The van der Waals surface area contributed by atoms with Gasteiger partial charge in [0.25, 0.3) is 0 Å². The number of hydrogen-bond acceptors (Lipinski definition) is 5. The zero-order chi connectivity index (χ0) is 21.7. The fourth-order valence-corrected chi connectivity index (χ4v) is 2.84. The molecule has 30 heavy (non-hydrogen) atoms. The average molecular weight is 405 g/mol. The van der Waals surface area contributed by atoms with Crippen molar-refractivity contribution in [1.29, 1.82) is 0 Å². The van der Waals surface area contributed by atoms with Gasteiger partial charge in [0.15, 0.2) is 0 Å². The predicted molar refractivity (Wildman–Crippen MR) is 117 cm³/mol. The Kier molecular flexibility index (Phi) is 6.35. The van der Waals surface area contributed by atoms with E-state index in [2.05, 4.69) is 43.1 Å². The number of rotatable bonds is 6. The molecule has 6 heteroatoms. The van der Waals surface area contributed by atoms with Gasteiger partial charge in [0.2, 0.25) is 17.7 Å². The van der Waals surface area contributed by atoms with Crippen molar-refractivity contribution in [3.05, 3.63) is 71.6 Å². The first-order valence-corrected chi connectivity index (χ1v) is 9.77. The van der Waals surface area contributed by atoms with Crippen LogP contribution in [0.15, 0.2) is 59.0 Å². The van der Waals surface area contributed by atoms with Crippen LogP contribution in [0.5, 0.6) is 5.75 Å². The number of carbonyl (C=O) groups is 1. The summed E-state index contributed by atoms with van der Waals surface area (Å²) in [6.45, 7) is 6.74. The standard InChI is InChI=1S/C24H27N3O3/c1-24(2,3)19-11-9-18(10-12-19)23-26-25-21(30-23)16-27(4)22(28)15-8-17-6-13-20(29-5)14-7-17/h6-15H,16H2,1-5H3/b15-8+. The maximum absolute atomic E-state index is 12.4. The molecular formula is C24H27N3O3. The fraction of sp³-hybridized carbons (Fsp3) is 0.292. The maximum atomic E-state index is 12.4. The van der Waals surface area contributed by atoms with Gasteiger partial charge in [-0.2, -0.15) is 0 Å². The van der Waals surface area contributed by atoms with Gasteiger partial charge in [-0.3, -0.25) is 4.79 Å². The van der Waals surface area contributed by atoms with E-state index in [0.29, 0.717) is 11.8 Å². The minimum absolute atomic E-state index is 0.0843. The Hall–Kier alpha value is -3.41. The van der Waals surface area contributed by atoms with Gasteiger partial charge >= 0.3 is 0 Å². The summed E-state index contributed by atoms with van der Waals surface area (Å²) in [7, 11) is 3.32. The predicted octanol–water partition coefficient (Wildman–Crippen LogP) is 4.71. The van der Waals surface area contributed by atoms with E-state index in [0.717, 1.165) is 16.9 Å². The maximum Gasteiger partial charge on any atom is 0.247 e. The van der Waals surface area contributed by atoms with Crippen LogP contribution in [-0.2, 0) is 16.8 Å². The normalized spacial score (nSPS) is 11.6. The van der Waals surface area contributed by atoms with Gasteiger partial charge < -0.3 is 14.1 Å². The van der Waals surface area contributed by atoms with Crippen LogP contribution < -0.4 is 4.74 Å². The van der Waals surface area contributed by atoms with Crippen LogP contribution >= 0.6 is 0 Å². The molecule has 0 saturated heterocycles. The molecule has 6 nitrogen and oxygen atoms in total. The van der Waals surface area contributed by atoms with E-state index in [4.69, 9.17) is 9.15 Å². The number of hydrogen-bond donors (Lipinski definition) is 0. The fourth-order valence-electron chi connectivity index (χ4n) is 2.84. The Bertz CT molecular complexity index is 1010. The van der Waals surface area contributed by atoms with Crippen molar-refractivity contribution in [1.82, 2.24) is 15.1 Å². The average Bonchev–Trinajstić information content (AvgIpc) is 3.20. The number of methoxy groups -OCH3 is 1. The number of carbonyl (C=O) groups excluding carboxylic acids is 1. The van der Waals surface area contributed by atoms with Gasteiger partial charge in [-0.15, -0.1) is 10.2 Å². The van der Waals surface area contributed by atoms with Crippen molar-refractivity contribution in [3.63, 3.8) is 0 Å². The first kappa shape index (κ1) is 21.3. The molecule has 3 rings (SSSR count). The molecule has 0 saturated carbocycles. The Balaban J connectivity index is 1.61. The van der Waals surface area contributed by atoms with E-state index in [1.807, 2.05) is 36.4 Å². The van der Waals surface area contributed by atoms with Gasteiger partial charge in [0.1, 0.15) is 5.75 Å². The van der Waals surface area contributed by atoms with E-state index in [-0.39, 0.29) is 17.9 Å². The largest absolute Gasteiger partial charge is 0.497 e. The highest BCUT2D eigenvalue weighted by atomic mass is 16.5. The summed E-state index contributed by atoms with van der Waals surface area (Å²) in [6, 6.07) is 15.6. The van der Waals surface area contributed by atoms with Crippen LogP contribution in [0, 0.1) is 0 Å². The lowest BCUT2D eigenvalue weighted by Crippen LogP contribution is -2.24. The van der Waals surface area contributed by atoms with Crippen molar-refractivity contribution in [3.8, 4) is 17.2 Å². The van der Waals surface area contributed by atoms with Gasteiger partial charge in [0, 0.05) is 18.7 Å². The molecule has 0 aliphatic heterocycles. The number of amides is 1. The first-order valence-electron chi connectivity index (χ1n) is 9.77. The minimum atomic E-state index is -0.153. The molecule has 0 aliphatic rings. The van der Waals surface area contributed by atoms with Gasteiger partial charge in [0.05, 0.1) is 13.7 Å². The molecule has 2 aromatic carbocycles. The van der Waals surface area contributed by atoms with Gasteiger partial charge in [-0.25, -0.2) is 0 Å². The third-order valence-corrected chi connectivity index (χ3v) is 4.75.